The predicted molar refractivity (Wildman–Crippen MR) is 61.2 cm³/mol. The van der Waals surface area contributed by atoms with Gasteiger partial charge in [-0.1, -0.05) is 6.07 Å². The topological polar surface area (TPSA) is 61.2 Å². The number of rotatable bonds is 3. The van der Waals surface area contributed by atoms with Crippen LogP contribution in [0.5, 0.6) is 0 Å². The minimum absolute atomic E-state index is 0.115. The quantitative estimate of drug-likeness (QED) is 0.803. The van der Waals surface area contributed by atoms with Gasteiger partial charge in [0.05, 0.1) is 16.5 Å². The fourth-order valence-corrected chi connectivity index (χ4v) is 2.58. The Hall–Kier alpha value is -1.38. The number of benzene rings is 1. The highest BCUT2D eigenvalue weighted by molar-refractivity contribution is 7.89. The zero-order chi connectivity index (χ0) is 12.3. The van der Waals surface area contributed by atoms with Crippen molar-refractivity contribution >= 4 is 10.0 Å². The van der Waals surface area contributed by atoms with Crippen molar-refractivity contribution in [3.05, 3.63) is 29.8 Å². The molecule has 0 aliphatic carbocycles. The molecule has 0 unspecified atom stereocenters. The lowest BCUT2D eigenvalue weighted by Gasteiger charge is -2.20. The van der Waals surface area contributed by atoms with E-state index in [1.165, 1.54) is 23.5 Å². The maximum absolute atomic E-state index is 12.1. The lowest BCUT2D eigenvalue weighted by molar-refractivity contribution is 0.410. The Morgan fingerprint density at radius 1 is 1.38 bits per heavy atom. The van der Waals surface area contributed by atoms with Crippen LogP contribution in [0.4, 0.5) is 0 Å². The summed E-state index contributed by atoms with van der Waals surface area (Å²) in [4.78, 5) is 0.155. The van der Waals surface area contributed by atoms with Crippen LogP contribution < -0.4 is 0 Å². The summed E-state index contributed by atoms with van der Waals surface area (Å²) in [6.45, 7) is 3.59. The third kappa shape index (κ3) is 2.40. The van der Waals surface area contributed by atoms with Crippen LogP contribution in [-0.4, -0.2) is 25.8 Å². The van der Waals surface area contributed by atoms with E-state index < -0.39 is 10.0 Å². The Labute approximate surface area is 96.2 Å². The molecule has 5 heteroatoms. The average Bonchev–Trinajstić information content (AvgIpc) is 2.27. The van der Waals surface area contributed by atoms with E-state index in [0.717, 1.165) is 0 Å². The number of nitriles is 1. The standard InChI is InChI=1S/C11H14N2O2S/c1-9(2)13(3)16(14,15)11-6-4-5-10(7-11)8-12/h4-7,9H,1-3H3. The van der Waals surface area contributed by atoms with Gasteiger partial charge in [-0.3, -0.25) is 0 Å². The first kappa shape index (κ1) is 12.7. The number of sulfonamides is 1. The van der Waals surface area contributed by atoms with Gasteiger partial charge in [-0.05, 0) is 32.0 Å². The summed E-state index contributed by atoms with van der Waals surface area (Å²) in [6, 6.07) is 7.83. The van der Waals surface area contributed by atoms with Crippen molar-refractivity contribution in [2.75, 3.05) is 7.05 Å². The number of nitrogens with zero attached hydrogens (tertiary/aromatic N) is 2. The second-order valence-electron chi connectivity index (χ2n) is 3.75. The molecule has 1 aromatic rings. The summed E-state index contributed by atoms with van der Waals surface area (Å²) in [6.07, 6.45) is 0. The summed E-state index contributed by atoms with van der Waals surface area (Å²) in [5, 5.41) is 8.72. The first-order valence-corrected chi connectivity index (χ1v) is 6.32. The first-order valence-electron chi connectivity index (χ1n) is 4.88. The molecule has 0 heterocycles. The molecule has 4 nitrogen and oxygen atoms in total. The maximum Gasteiger partial charge on any atom is 0.243 e. The minimum atomic E-state index is -3.49. The van der Waals surface area contributed by atoms with Crippen LogP contribution in [-0.2, 0) is 10.0 Å². The lowest BCUT2D eigenvalue weighted by Crippen LogP contribution is -2.33. The Morgan fingerprint density at radius 2 is 2.00 bits per heavy atom. The van der Waals surface area contributed by atoms with Crippen molar-refractivity contribution in [2.45, 2.75) is 24.8 Å². The Morgan fingerprint density at radius 3 is 2.50 bits per heavy atom. The maximum atomic E-state index is 12.1. The van der Waals surface area contributed by atoms with Crippen LogP contribution in [0.25, 0.3) is 0 Å². The van der Waals surface area contributed by atoms with Crippen LogP contribution in [0.3, 0.4) is 0 Å². The van der Waals surface area contributed by atoms with E-state index in [-0.39, 0.29) is 10.9 Å². The minimum Gasteiger partial charge on any atom is -0.207 e. The van der Waals surface area contributed by atoms with E-state index in [9.17, 15) is 8.42 Å². The molecule has 0 saturated heterocycles. The van der Waals surface area contributed by atoms with Gasteiger partial charge in [0.15, 0.2) is 0 Å². The zero-order valence-electron chi connectivity index (χ0n) is 9.51. The molecule has 0 amide bonds. The summed E-state index contributed by atoms with van der Waals surface area (Å²) in [7, 11) is -1.96. The Bertz CT molecular complexity index is 515. The van der Waals surface area contributed by atoms with Crippen molar-refractivity contribution < 1.29 is 8.42 Å². The smallest absolute Gasteiger partial charge is 0.207 e. The normalized spacial score (nSPS) is 11.8. The second-order valence-corrected chi connectivity index (χ2v) is 5.75. The van der Waals surface area contributed by atoms with Gasteiger partial charge in [-0.2, -0.15) is 9.57 Å². The van der Waals surface area contributed by atoms with Crippen LogP contribution in [0.15, 0.2) is 29.2 Å². The third-order valence-corrected chi connectivity index (χ3v) is 4.40. The van der Waals surface area contributed by atoms with Gasteiger partial charge in [0, 0.05) is 13.1 Å². The molecule has 0 atom stereocenters. The van der Waals surface area contributed by atoms with E-state index >= 15 is 0 Å². The molecular weight excluding hydrogens is 224 g/mol. The summed E-state index contributed by atoms with van der Waals surface area (Å²) < 4.78 is 25.4. The Balaban J connectivity index is 3.23. The molecule has 0 fully saturated rings. The molecule has 86 valence electrons. The fraction of sp³-hybridized carbons (Fsp3) is 0.364. The highest BCUT2D eigenvalue weighted by Crippen LogP contribution is 2.17. The molecule has 0 bridgehead atoms. The molecule has 0 N–H and O–H groups in total. The van der Waals surface area contributed by atoms with Gasteiger partial charge < -0.3 is 0 Å². The van der Waals surface area contributed by atoms with Crippen LogP contribution >= 0.6 is 0 Å². The number of hydrogen-bond donors (Lipinski definition) is 0. The first-order chi connectivity index (χ1) is 7.39. The highest BCUT2D eigenvalue weighted by atomic mass is 32.2. The van der Waals surface area contributed by atoms with Gasteiger partial charge >= 0.3 is 0 Å². The molecule has 0 aliphatic heterocycles. The van der Waals surface area contributed by atoms with Crippen molar-refractivity contribution in [1.82, 2.24) is 4.31 Å². The van der Waals surface area contributed by atoms with Gasteiger partial charge in [0.1, 0.15) is 0 Å². The largest absolute Gasteiger partial charge is 0.243 e. The third-order valence-electron chi connectivity index (χ3n) is 2.37. The predicted octanol–water partition coefficient (Wildman–Crippen LogP) is 1.59. The fourth-order valence-electron chi connectivity index (χ4n) is 1.17. The van der Waals surface area contributed by atoms with Crippen molar-refractivity contribution in [3.63, 3.8) is 0 Å². The van der Waals surface area contributed by atoms with Gasteiger partial charge in [0.25, 0.3) is 0 Å². The number of hydrogen-bond acceptors (Lipinski definition) is 3. The van der Waals surface area contributed by atoms with Crippen LogP contribution in [0, 0.1) is 11.3 Å². The molecule has 0 spiro atoms. The highest BCUT2D eigenvalue weighted by Gasteiger charge is 2.22. The van der Waals surface area contributed by atoms with Gasteiger partial charge in [-0.15, -0.1) is 0 Å². The van der Waals surface area contributed by atoms with Crippen molar-refractivity contribution in [2.24, 2.45) is 0 Å². The summed E-state index contributed by atoms with van der Waals surface area (Å²) in [5.41, 5.74) is 0.346. The Kier molecular flexibility index (Phi) is 3.68. The van der Waals surface area contributed by atoms with Crippen LogP contribution in [0.2, 0.25) is 0 Å². The van der Waals surface area contributed by atoms with Gasteiger partial charge in [0.2, 0.25) is 10.0 Å². The van der Waals surface area contributed by atoms with Crippen molar-refractivity contribution in [1.29, 1.82) is 5.26 Å². The molecule has 16 heavy (non-hydrogen) atoms. The summed E-state index contributed by atoms with van der Waals surface area (Å²) in [5.74, 6) is 0. The van der Waals surface area contributed by atoms with E-state index in [0.29, 0.717) is 5.56 Å². The monoisotopic (exact) mass is 238 g/mol. The lowest BCUT2D eigenvalue weighted by atomic mass is 10.2. The molecule has 0 aromatic heterocycles. The molecule has 1 rings (SSSR count). The van der Waals surface area contributed by atoms with Crippen molar-refractivity contribution in [3.8, 4) is 6.07 Å². The van der Waals surface area contributed by atoms with Gasteiger partial charge in [-0.25, -0.2) is 8.42 Å². The SMILES string of the molecule is CC(C)N(C)S(=O)(=O)c1cccc(C#N)c1. The van der Waals surface area contributed by atoms with E-state index in [2.05, 4.69) is 0 Å². The zero-order valence-corrected chi connectivity index (χ0v) is 10.3. The van der Waals surface area contributed by atoms with Crippen LogP contribution in [0.1, 0.15) is 19.4 Å². The second kappa shape index (κ2) is 4.64. The molecular formula is C11H14N2O2S. The van der Waals surface area contributed by atoms with E-state index in [1.54, 1.807) is 26.0 Å². The molecule has 1 aromatic carbocycles. The summed E-state index contributed by atoms with van der Waals surface area (Å²) >= 11 is 0. The average molecular weight is 238 g/mol. The molecule has 0 aliphatic rings. The van der Waals surface area contributed by atoms with E-state index in [4.69, 9.17) is 5.26 Å². The van der Waals surface area contributed by atoms with E-state index in [1.807, 2.05) is 6.07 Å². The molecule has 0 radical (unpaired) electrons. The molecule has 0 saturated carbocycles.